The number of carbonyl (C=O) groups is 3. The van der Waals surface area contributed by atoms with Gasteiger partial charge in [-0.2, -0.15) is 0 Å². The van der Waals surface area contributed by atoms with Crippen LogP contribution in [0.2, 0.25) is 0 Å². The maximum absolute atomic E-state index is 12.7. The molecule has 0 saturated carbocycles. The Morgan fingerprint density at radius 1 is 0.893 bits per heavy atom. The van der Waals surface area contributed by atoms with Crippen molar-refractivity contribution >= 4 is 17.8 Å². The third-order valence-corrected chi connectivity index (χ3v) is 4.53. The molecule has 0 aliphatic carbocycles. The Morgan fingerprint density at radius 2 is 1.39 bits per heavy atom. The molecule has 6 nitrogen and oxygen atoms in total. The van der Waals surface area contributed by atoms with Gasteiger partial charge in [-0.1, -0.05) is 31.5 Å². The number of carbonyl (C=O) groups excluding carboxylic acids is 3. The minimum Gasteiger partial charge on any atom is -0.451 e. The number of esters is 1. The lowest BCUT2D eigenvalue weighted by Gasteiger charge is -2.33. The normalized spacial score (nSPS) is 13.4. The monoisotopic (exact) mass is 390 g/mol. The molecule has 0 aromatic heterocycles. The number of nitrogens with one attached hydrogen (secondary N) is 1. The van der Waals surface area contributed by atoms with E-state index in [1.165, 1.54) is 0 Å². The molecule has 6 heteroatoms. The van der Waals surface area contributed by atoms with Gasteiger partial charge in [0.2, 0.25) is 0 Å². The highest BCUT2D eigenvalue weighted by Crippen LogP contribution is 2.13. The zero-order chi connectivity index (χ0) is 21.6. The van der Waals surface area contributed by atoms with Crippen LogP contribution in [0, 0.1) is 12.8 Å². The fourth-order valence-corrected chi connectivity index (χ4v) is 3.04. The summed E-state index contributed by atoms with van der Waals surface area (Å²) in [7, 11) is 0. The van der Waals surface area contributed by atoms with Crippen LogP contribution in [0.25, 0.3) is 0 Å². The lowest BCUT2D eigenvalue weighted by atomic mass is 10.0. The van der Waals surface area contributed by atoms with Crippen molar-refractivity contribution in [1.82, 2.24) is 10.2 Å². The first-order valence-electron chi connectivity index (χ1n) is 9.85. The third kappa shape index (κ3) is 6.36. The molecule has 2 amide bonds. The van der Waals surface area contributed by atoms with E-state index >= 15 is 0 Å². The largest absolute Gasteiger partial charge is 0.451 e. The second kappa shape index (κ2) is 10.2. The minimum atomic E-state index is -0.921. The molecule has 1 rings (SSSR count). The molecule has 1 aromatic rings. The second-order valence-electron chi connectivity index (χ2n) is 8.07. The number of hydrogen-bond acceptors (Lipinski definition) is 4. The van der Waals surface area contributed by atoms with E-state index in [0.717, 1.165) is 5.56 Å². The Bertz CT molecular complexity index is 672. The molecular weight excluding hydrogens is 356 g/mol. The molecule has 0 heterocycles. The highest BCUT2D eigenvalue weighted by Gasteiger charge is 2.32. The van der Waals surface area contributed by atoms with E-state index in [1.54, 1.807) is 24.0 Å². The number of nitrogens with zero attached hydrogens (tertiary/aromatic N) is 1. The molecule has 0 fully saturated rings. The average Bonchev–Trinajstić information content (AvgIpc) is 2.58. The summed E-state index contributed by atoms with van der Waals surface area (Å²) in [5.74, 6) is -1.38. The molecule has 0 unspecified atom stereocenters. The lowest BCUT2D eigenvalue weighted by Crippen LogP contribution is -2.50. The van der Waals surface area contributed by atoms with Crippen LogP contribution >= 0.6 is 0 Å². The second-order valence-corrected chi connectivity index (χ2v) is 8.07. The van der Waals surface area contributed by atoms with Crippen LogP contribution in [0.1, 0.15) is 64.4 Å². The van der Waals surface area contributed by atoms with Crippen molar-refractivity contribution in [2.45, 2.75) is 79.6 Å². The molecule has 0 aliphatic rings. The van der Waals surface area contributed by atoms with Crippen molar-refractivity contribution in [2.24, 2.45) is 5.92 Å². The summed E-state index contributed by atoms with van der Waals surface area (Å²) in [6, 6.07) is 6.25. The van der Waals surface area contributed by atoms with Gasteiger partial charge in [0.25, 0.3) is 11.8 Å². The average molecular weight is 391 g/mol. The SMILES string of the molecule is Cc1ccc(C(=O)N[C@H](C(=O)O[C@@H](C)C(=O)N(C(C)C)C(C)C)C(C)C)cc1. The molecule has 1 aromatic carbocycles. The fourth-order valence-electron chi connectivity index (χ4n) is 3.04. The van der Waals surface area contributed by atoms with Crippen LogP contribution in [-0.4, -0.2) is 46.9 Å². The van der Waals surface area contributed by atoms with E-state index in [1.807, 2.05) is 60.6 Å². The van der Waals surface area contributed by atoms with Crippen LogP contribution < -0.4 is 5.32 Å². The van der Waals surface area contributed by atoms with Gasteiger partial charge < -0.3 is 15.0 Å². The first-order valence-corrected chi connectivity index (χ1v) is 9.85. The van der Waals surface area contributed by atoms with Gasteiger partial charge in [-0.15, -0.1) is 0 Å². The van der Waals surface area contributed by atoms with Crippen LogP contribution in [0.5, 0.6) is 0 Å². The van der Waals surface area contributed by atoms with Crippen LogP contribution in [0.4, 0.5) is 0 Å². The third-order valence-electron chi connectivity index (χ3n) is 4.53. The van der Waals surface area contributed by atoms with Crippen molar-refractivity contribution in [2.75, 3.05) is 0 Å². The topological polar surface area (TPSA) is 75.7 Å². The minimum absolute atomic E-state index is 0.00390. The van der Waals surface area contributed by atoms with Crippen LogP contribution in [0.15, 0.2) is 24.3 Å². The summed E-state index contributed by atoms with van der Waals surface area (Å²) in [5, 5.41) is 2.73. The van der Waals surface area contributed by atoms with Crippen LogP contribution in [0.3, 0.4) is 0 Å². The first-order chi connectivity index (χ1) is 13.0. The van der Waals surface area contributed by atoms with Crippen molar-refractivity contribution in [1.29, 1.82) is 0 Å². The quantitative estimate of drug-likeness (QED) is 0.691. The zero-order valence-corrected chi connectivity index (χ0v) is 18.3. The summed E-state index contributed by atoms with van der Waals surface area (Å²) < 4.78 is 5.43. The molecule has 0 bridgehead atoms. The Morgan fingerprint density at radius 3 is 1.82 bits per heavy atom. The predicted molar refractivity (Wildman–Crippen MR) is 110 cm³/mol. The summed E-state index contributed by atoms with van der Waals surface area (Å²) in [6.07, 6.45) is -0.921. The van der Waals surface area contributed by atoms with Gasteiger partial charge >= 0.3 is 5.97 Å². The van der Waals surface area contributed by atoms with Crippen LogP contribution in [-0.2, 0) is 14.3 Å². The number of amides is 2. The van der Waals surface area contributed by atoms with Gasteiger partial charge in [0.05, 0.1) is 0 Å². The Labute approximate surface area is 168 Å². The predicted octanol–water partition coefficient (Wildman–Crippen LogP) is 3.33. The van der Waals surface area contributed by atoms with E-state index in [0.29, 0.717) is 5.56 Å². The van der Waals surface area contributed by atoms with E-state index in [4.69, 9.17) is 4.74 Å². The molecule has 0 saturated heterocycles. The Kier molecular flexibility index (Phi) is 8.66. The van der Waals surface area contributed by atoms with E-state index in [-0.39, 0.29) is 29.8 Å². The summed E-state index contributed by atoms with van der Waals surface area (Å²) >= 11 is 0. The number of hydrogen-bond donors (Lipinski definition) is 1. The summed E-state index contributed by atoms with van der Waals surface area (Å²) in [4.78, 5) is 39.5. The van der Waals surface area contributed by atoms with Gasteiger partial charge in [-0.05, 0) is 59.6 Å². The maximum atomic E-state index is 12.7. The van der Waals surface area contributed by atoms with E-state index in [9.17, 15) is 14.4 Å². The maximum Gasteiger partial charge on any atom is 0.329 e. The van der Waals surface area contributed by atoms with Crippen molar-refractivity contribution in [3.05, 3.63) is 35.4 Å². The van der Waals surface area contributed by atoms with Gasteiger partial charge in [0.1, 0.15) is 6.04 Å². The first kappa shape index (κ1) is 23.7. The van der Waals surface area contributed by atoms with Crippen molar-refractivity contribution < 1.29 is 19.1 Å². The molecule has 1 N–H and O–H groups in total. The van der Waals surface area contributed by atoms with Gasteiger partial charge in [0.15, 0.2) is 6.10 Å². The number of benzene rings is 1. The number of rotatable bonds is 8. The number of ether oxygens (including phenoxy) is 1. The molecule has 2 atom stereocenters. The smallest absolute Gasteiger partial charge is 0.329 e. The highest BCUT2D eigenvalue weighted by atomic mass is 16.5. The molecule has 0 aliphatic heterocycles. The van der Waals surface area contributed by atoms with Gasteiger partial charge in [-0.3, -0.25) is 9.59 Å². The van der Waals surface area contributed by atoms with E-state index in [2.05, 4.69) is 5.32 Å². The molecule has 156 valence electrons. The zero-order valence-electron chi connectivity index (χ0n) is 18.3. The molecule has 28 heavy (non-hydrogen) atoms. The summed E-state index contributed by atoms with van der Waals surface area (Å²) in [5.41, 5.74) is 1.52. The van der Waals surface area contributed by atoms with Crippen molar-refractivity contribution in [3.8, 4) is 0 Å². The standard InChI is InChI=1S/C22H34N2O4/c1-13(2)19(23-20(25)18-11-9-16(7)10-12-18)22(27)28-17(8)21(26)24(14(3)4)15(5)6/h9-15,17,19H,1-8H3,(H,23,25)/t17-,19-/m0/s1. The summed E-state index contributed by atoms with van der Waals surface area (Å²) in [6.45, 7) is 14.8. The fraction of sp³-hybridized carbons (Fsp3) is 0.591. The van der Waals surface area contributed by atoms with Gasteiger partial charge in [0, 0.05) is 17.6 Å². The van der Waals surface area contributed by atoms with Gasteiger partial charge in [-0.25, -0.2) is 4.79 Å². The molecule has 0 radical (unpaired) electrons. The molecular formula is C22H34N2O4. The Hall–Kier alpha value is -2.37. The lowest BCUT2D eigenvalue weighted by molar-refractivity contribution is -0.163. The molecule has 0 spiro atoms. The Balaban J connectivity index is 2.85. The number of aryl methyl sites for hydroxylation is 1. The highest BCUT2D eigenvalue weighted by molar-refractivity contribution is 5.97. The van der Waals surface area contributed by atoms with Crippen molar-refractivity contribution in [3.63, 3.8) is 0 Å². The van der Waals surface area contributed by atoms with E-state index < -0.39 is 18.1 Å².